The van der Waals surface area contributed by atoms with Gasteiger partial charge >= 0.3 is 0 Å². The number of aromatic amines is 2. The lowest BCUT2D eigenvalue weighted by molar-refractivity contribution is 0.414. The van der Waals surface area contributed by atoms with Gasteiger partial charge in [-0.15, -0.1) is 0 Å². The van der Waals surface area contributed by atoms with Crippen molar-refractivity contribution in [1.29, 1.82) is 0 Å². The lowest BCUT2D eigenvalue weighted by Gasteiger charge is -2.17. The van der Waals surface area contributed by atoms with Crippen molar-refractivity contribution in [2.45, 2.75) is 11.8 Å². The molecule has 5 rings (SSSR count). The van der Waals surface area contributed by atoms with Gasteiger partial charge in [-0.1, -0.05) is 18.2 Å². The first kappa shape index (κ1) is 16.1. The summed E-state index contributed by atoms with van der Waals surface area (Å²) in [5.41, 5.74) is 5.57. The highest BCUT2D eigenvalue weighted by atomic mass is 16.5. The van der Waals surface area contributed by atoms with E-state index in [2.05, 4.69) is 50.8 Å². The van der Waals surface area contributed by atoms with Crippen LogP contribution >= 0.6 is 0 Å². The van der Waals surface area contributed by atoms with Crippen molar-refractivity contribution < 1.29 is 4.74 Å². The Morgan fingerprint density at radius 2 is 1.85 bits per heavy atom. The number of H-pyrrole nitrogens is 2. The van der Waals surface area contributed by atoms with Crippen molar-refractivity contribution in [3.63, 3.8) is 0 Å². The highest BCUT2D eigenvalue weighted by Crippen LogP contribution is 2.36. The van der Waals surface area contributed by atoms with Crippen molar-refractivity contribution in [2.24, 2.45) is 0 Å². The Hall–Kier alpha value is -3.12. The van der Waals surface area contributed by atoms with Crippen LogP contribution in [0.5, 0.6) is 5.75 Å². The maximum absolute atomic E-state index is 5.28. The van der Waals surface area contributed by atoms with E-state index in [-0.39, 0.29) is 0 Å². The van der Waals surface area contributed by atoms with E-state index >= 15 is 0 Å². The molecule has 2 aromatic heterocycles. The van der Waals surface area contributed by atoms with Crippen molar-refractivity contribution >= 4 is 11.0 Å². The summed E-state index contributed by atoms with van der Waals surface area (Å²) in [7, 11) is 1.70. The van der Waals surface area contributed by atoms with Gasteiger partial charge in [0.1, 0.15) is 11.6 Å². The highest BCUT2D eigenvalue weighted by Gasteiger charge is 2.32. The van der Waals surface area contributed by atoms with Gasteiger partial charge in [0.05, 0.1) is 24.3 Å². The number of aromatic nitrogens is 4. The maximum atomic E-state index is 5.28. The van der Waals surface area contributed by atoms with E-state index in [1.807, 2.05) is 24.5 Å². The molecular weight excluding hydrogens is 338 g/mol. The summed E-state index contributed by atoms with van der Waals surface area (Å²) in [6, 6.07) is 14.7. The number of nitrogens with zero attached hydrogens (tertiary/aromatic N) is 2. The molecule has 136 valence electrons. The van der Waals surface area contributed by atoms with Crippen LogP contribution in [0.15, 0.2) is 54.9 Å². The molecule has 1 fully saturated rings. The van der Waals surface area contributed by atoms with E-state index in [0.717, 1.165) is 46.8 Å². The standard InChI is InChI=1S/C21H21N5O/c1-27-16-5-2-13(3-6-16)17-11-22-12-18(17)21-25-19-7-4-14(8-20(19)26-21)15-9-23-24-10-15/h2-10,17-18,22H,11-12H2,1H3,(H,23,24)(H,25,26)/t17-,18+/m1/s1. The molecule has 3 N–H and O–H groups in total. The molecule has 0 aliphatic carbocycles. The van der Waals surface area contributed by atoms with Gasteiger partial charge in [-0.3, -0.25) is 5.10 Å². The third kappa shape index (κ3) is 2.88. The number of rotatable bonds is 4. The zero-order valence-electron chi connectivity index (χ0n) is 15.1. The van der Waals surface area contributed by atoms with E-state index in [1.165, 1.54) is 5.56 Å². The second kappa shape index (κ2) is 6.55. The summed E-state index contributed by atoms with van der Waals surface area (Å²) in [4.78, 5) is 8.44. The fourth-order valence-electron chi connectivity index (χ4n) is 3.96. The highest BCUT2D eigenvalue weighted by molar-refractivity contribution is 5.81. The molecule has 1 aliphatic rings. The molecule has 27 heavy (non-hydrogen) atoms. The molecule has 1 aliphatic heterocycles. The lowest BCUT2D eigenvalue weighted by atomic mass is 9.88. The van der Waals surface area contributed by atoms with Crippen LogP contribution in [0.2, 0.25) is 0 Å². The van der Waals surface area contributed by atoms with Gasteiger partial charge in [-0.05, 0) is 35.4 Å². The number of nitrogens with one attached hydrogen (secondary N) is 3. The van der Waals surface area contributed by atoms with E-state index < -0.39 is 0 Å². The van der Waals surface area contributed by atoms with Crippen molar-refractivity contribution in [2.75, 3.05) is 20.2 Å². The Morgan fingerprint density at radius 1 is 1.00 bits per heavy atom. The molecule has 0 bridgehead atoms. The molecule has 3 heterocycles. The molecule has 0 saturated carbocycles. The minimum atomic E-state index is 0.322. The number of hydrogen-bond acceptors (Lipinski definition) is 4. The number of fused-ring (bicyclic) bond motifs is 1. The number of benzene rings is 2. The topological polar surface area (TPSA) is 78.6 Å². The van der Waals surface area contributed by atoms with E-state index in [4.69, 9.17) is 9.72 Å². The second-order valence-corrected chi connectivity index (χ2v) is 6.99. The Bertz CT molecular complexity index is 1050. The van der Waals surface area contributed by atoms with Gasteiger partial charge in [0, 0.05) is 36.7 Å². The first-order valence-electron chi connectivity index (χ1n) is 9.15. The predicted octanol–water partition coefficient (Wildman–Crippen LogP) is 3.43. The van der Waals surface area contributed by atoms with Gasteiger partial charge in [-0.25, -0.2) is 4.98 Å². The fraction of sp³-hybridized carbons (Fsp3) is 0.238. The monoisotopic (exact) mass is 359 g/mol. The number of hydrogen-bond donors (Lipinski definition) is 3. The Labute approximate surface area is 157 Å². The molecule has 6 nitrogen and oxygen atoms in total. The van der Waals surface area contributed by atoms with Crippen molar-refractivity contribution in [1.82, 2.24) is 25.5 Å². The zero-order valence-corrected chi connectivity index (χ0v) is 15.1. The van der Waals surface area contributed by atoms with E-state index in [0.29, 0.717) is 11.8 Å². The minimum Gasteiger partial charge on any atom is -0.497 e. The molecular formula is C21H21N5O. The van der Waals surface area contributed by atoms with E-state index in [9.17, 15) is 0 Å². The van der Waals surface area contributed by atoms with Crippen LogP contribution in [0.3, 0.4) is 0 Å². The third-order valence-corrected chi connectivity index (χ3v) is 5.44. The first-order chi connectivity index (χ1) is 13.3. The van der Waals surface area contributed by atoms with Gasteiger partial charge in [0.15, 0.2) is 0 Å². The number of methoxy groups -OCH3 is 1. The van der Waals surface area contributed by atoms with Gasteiger partial charge in [0.25, 0.3) is 0 Å². The second-order valence-electron chi connectivity index (χ2n) is 6.99. The first-order valence-corrected chi connectivity index (χ1v) is 9.15. The third-order valence-electron chi connectivity index (χ3n) is 5.44. The van der Waals surface area contributed by atoms with Crippen LogP contribution in [0.25, 0.3) is 22.2 Å². The summed E-state index contributed by atoms with van der Waals surface area (Å²) < 4.78 is 5.28. The predicted molar refractivity (Wildman–Crippen MR) is 105 cm³/mol. The van der Waals surface area contributed by atoms with Crippen LogP contribution in [0.1, 0.15) is 23.2 Å². The zero-order chi connectivity index (χ0) is 18.2. The number of imidazole rings is 1. The average molecular weight is 359 g/mol. The van der Waals surface area contributed by atoms with Gasteiger partial charge < -0.3 is 15.0 Å². The minimum absolute atomic E-state index is 0.322. The van der Waals surface area contributed by atoms with Crippen LogP contribution in [0.4, 0.5) is 0 Å². The maximum Gasteiger partial charge on any atom is 0.118 e. The lowest BCUT2D eigenvalue weighted by Crippen LogP contribution is -2.10. The summed E-state index contributed by atoms with van der Waals surface area (Å²) in [6.07, 6.45) is 3.73. The number of ether oxygens (including phenoxy) is 1. The van der Waals surface area contributed by atoms with Crippen molar-refractivity contribution in [3.8, 4) is 16.9 Å². The largest absolute Gasteiger partial charge is 0.497 e. The molecule has 4 aromatic rings. The SMILES string of the molecule is COc1ccc([C@H]2CNC[C@@H]2c2nc3ccc(-c4cn[nH]c4)cc3[nH]2)cc1. The van der Waals surface area contributed by atoms with Crippen molar-refractivity contribution in [3.05, 3.63) is 66.2 Å². The summed E-state index contributed by atoms with van der Waals surface area (Å²) in [5.74, 6) is 2.64. The van der Waals surface area contributed by atoms with E-state index in [1.54, 1.807) is 7.11 Å². The molecule has 0 unspecified atom stereocenters. The van der Waals surface area contributed by atoms with Crippen LogP contribution < -0.4 is 10.1 Å². The molecule has 0 radical (unpaired) electrons. The summed E-state index contributed by atoms with van der Waals surface area (Å²) >= 11 is 0. The molecule has 6 heteroatoms. The van der Waals surface area contributed by atoms with Crippen LogP contribution in [-0.4, -0.2) is 40.4 Å². The average Bonchev–Trinajstić information content (AvgIpc) is 3.47. The van der Waals surface area contributed by atoms with Crippen LogP contribution in [-0.2, 0) is 0 Å². The Balaban J connectivity index is 1.48. The smallest absolute Gasteiger partial charge is 0.118 e. The molecule has 0 amide bonds. The molecule has 2 atom stereocenters. The van der Waals surface area contributed by atoms with Crippen LogP contribution in [0, 0.1) is 0 Å². The molecule has 1 saturated heterocycles. The van der Waals surface area contributed by atoms with Gasteiger partial charge in [-0.2, -0.15) is 5.10 Å². The molecule has 0 spiro atoms. The molecule has 2 aromatic carbocycles. The van der Waals surface area contributed by atoms with Gasteiger partial charge in [0.2, 0.25) is 0 Å². The normalized spacial score (nSPS) is 19.6. The Morgan fingerprint density at radius 3 is 2.63 bits per heavy atom. The quantitative estimate of drug-likeness (QED) is 0.522. The summed E-state index contributed by atoms with van der Waals surface area (Å²) in [6.45, 7) is 1.87. The summed E-state index contributed by atoms with van der Waals surface area (Å²) in [5, 5.41) is 10.4. The fourth-order valence-corrected chi connectivity index (χ4v) is 3.96. The Kier molecular flexibility index (Phi) is 3.90.